The molecular weight excluding hydrogens is 404 g/mol. The third-order valence-electron chi connectivity index (χ3n) is 6.26. The van der Waals surface area contributed by atoms with Gasteiger partial charge in [-0.05, 0) is 55.9 Å². The number of benzene rings is 2. The van der Waals surface area contributed by atoms with E-state index in [0.717, 1.165) is 43.9 Å². The second-order valence-corrected chi connectivity index (χ2v) is 8.58. The summed E-state index contributed by atoms with van der Waals surface area (Å²) in [6.07, 6.45) is 6.49. The van der Waals surface area contributed by atoms with E-state index >= 15 is 0 Å². The number of nitrogens with one attached hydrogen (secondary N) is 2. The van der Waals surface area contributed by atoms with E-state index in [9.17, 15) is 4.79 Å². The molecule has 1 fully saturated rings. The van der Waals surface area contributed by atoms with E-state index in [1.807, 2.05) is 30.3 Å². The number of guanidine groups is 1. The topological polar surface area (TPSA) is 98.0 Å². The number of nitrogens with two attached hydrogens (primary N) is 1. The number of hydrogen-bond donors (Lipinski definition) is 3. The maximum Gasteiger partial charge on any atom is 0.255 e. The highest BCUT2D eigenvalue weighted by molar-refractivity contribution is 5.80. The monoisotopic (exact) mass is 436 g/mol. The summed E-state index contributed by atoms with van der Waals surface area (Å²) < 4.78 is 11.8. The maximum atomic E-state index is 10.8. The molecule has 4 rings (SSSR count). The first-order valence-corrected chi connectivity index (χ1v) is 11.3. The van der Waals surface area contributed by atoms with Crippen molar-refractivity contribution in [1.29, 1.82) is 0 Å². The van der Waals surface area contributed by atoms with Crippen molar-refractivity contribution < 1.29 is 14.3 Å². The number of aliphatic imine (C=N–C) groups is 1. The highest BCUT2D eigenvalue weighted by Crippen LogP contribution is 2.46. The van der Waals surface area contributed by atoms with Crippen LogP contribution >= 0.6 is 0 Å². The van der Waals surface area contributed by atoms with Crippen molar-refractivity contribution in [2.75, 3.05) is 20.2 Å². The van der Waals surface area contributed by atoms with Gasteiger partial charge in [0.05, 0.1) is 6.04 Å². The number of amides is 1. The molecule has 0 radical (unpaired) electrons. The number of hydrogen-bond acceptors (Lipinski definition) is 4. The molecule has 0 saturated heterocycles. The highest BCUT2D eigenvalue weighted by Gasteiger charge is 2.43. The van der Waals surface area contributed by atoms with E-state index in [4.69, 9.17) is 15.2 Å². The molecule has 1 unspecified atom stereocenters. The summed E-state index contributed by atoms with van der Waals surface area (Å²) in [4.78, 5) is 15.3. The van der Waals surface area contributed by atoms with Gasteiger partial charge in [0.2, 0.25) is 0 Å². The lowest BCUT2D eigenvalue weighted by atomic mass is 9.86. The van der Waals surface area contributed by atoms with Crippen LogP contribution in [0.5, 0.6) is 11.5 Å². The van der Waals surface area contributed by atoms with Crippen molar-refractivity contribution in [1.82, 2.24) is 10.6 Å². The summed E-state index contributed by atoms with van der Waals surface area (Å²) in [6.45, 7) is 0.636. The summed E-state index contributed by atoms with van der Waals surface area (Å²) in [5.74, 6) is 1.94. The fourth-order valence-corrected chi connectivity index (χ4v) is 4.66. The standard InChI is InChI=1S/C25H32N4O3/c1-27-24(28-15-12-18-8-10-19(11-9-18)31-17-23(26)30)29-21-16-25(13-4-5-14-25)32-22-7-3-2-6-20(21)22/h2-3,6-11,21H,4-5,12-17H2,1H3,(H2,26,30)(H2,27,28,29). The zero-order valence-corrected chi connectivity index (χ0v) is 18.6. The molecule has 1 atom stereocenters. The quantitative estimate of drug-likeness (QED) is 0.458. The van der Waals surface area contributed by atoms with Gasteiger partial charge in [0.25, 0.3) is 5.91 Å². The Labute approximate surface area is 189 Å². The predicted octanol–water partition coefficient (Wildman–Crippen LogP) is 3.09. The van der Waals surface area contributed by atoms with E-state index in [1.165, 1.54) is 24.0 Å². The number of nitrogens with zero attached hydrogens (tertiary/aromatic N) is 1. The van der Waals surface area contributed by atoms with Crippen LogP contribution in [0, 0.1) is 0 Å². The first-order valence-electron chi connectivity index (χ1n) is 11.3. The molecule has 2 aliphatic rings. The number of ether oxygens (including phenoxy) is 2. The van der Waals surface area contributed by atoms with Crippen LogP contribution in [-0.2, 0) is 11.2 Å². The van der Waals surface area contributed by atoms with Crippen LogP contribution in [0.15, 0.2) is 53.5 Å². The first-order chi connectivity index (χ1) is 15.6. The Morgan fingerprint density at radius 1 is 1.19 bits per heavy atom. The molecule has 0 bridgehead atoms. The summed E-state index contributed by atoms with van der Waals surface area (Å²) in [7, 11) is 1.80. The van der Waals surface area contributed by atoms with Gasteiger partial charge in [0.15, 0.2) is 12.6 Å². The molecule has 170 valence electrons. The molecular formula is C25H32N4O3. The third-order valence-corrected chi connectivity index (χ3v) is 6.26. The number of para-hydroxylation sites is 1. The second kappa shape index (κ2) is 9.94. The van der Waals surface area contributed by atoms with Crippen LogP contribution in [0.4, 0.5) is 0 Å². The fraction of sp³-hybridized carbons (Fsp3) is 0.440. The van der Waals surface area contributed by atoms with Crippen LogP contribution in [0.25, 0.3) is 0 Å². The van der Waals surface area contributed by atoms with Gasteiger partial charge in [-0.2, -0.15) is 0 Å². The van der Waals surface area contributed by atoms with Gasteiger partial charge in [-0.3, -0.25) is 9.79 Å². The van der Waals surface area contributed by atoms with Crippen molar-refractivity contribution in [2.24, 2.45) is 10.7 Å². The Balaban J connectivity index is 1.33. The lowest BCUT2D eigenvalue weighted by Crippen LogP contribution is -2.47. The minimum absolute atomic E-state index is 0.0524. The maximum absolute atomic E-state index is 10.8. The zero-order chi connectivity index (χ0) is 22.4. The summed E-state index contributed by atoms with van der Waals surface area (Å²) in [5, 5.41) is 7.07. The van der Waals surface area contributed by atoms with Gasteiger partial charge < -0.3 is 25.8 Å². The molecule has 1 spiro atoms. The van der Waals surface area contributed by atoms with Gasteiger partial charge in [-0.15, -0.1) is 0 Å². The number of primary amides is 1. The molecule has 1 amide bonds. The van der Waals surface area contributed by atoms with E-state index < -0.39 is 5.91 Å². The molecule has 7 nitrogen and oxygen atoms in total. The third kappa shape index (κ3) is 5.33. The molecule has 1 heterocycles. The molecule has 4 N–H and O–H groups in total. The molecule has 2 aromatic rings. The van der Waals surface area contributed by atoms with E-state index in [2.05, 4.69) is 33.8 Å². The van der Waals surface area contributed by atoms with Crippen molar-refractivity contribution in [3.63, 3.8) is 0 Å². The van der Waals surface area contributed by atoms with Crippen molar-refractivity contribution in [2.45, 2.75) is 50.2 Å². The van der Waals surface area contributed by atoms with Gasteiger partial charge in [-0.25, -0.2) is 0 Å². The van der Waals surface area contributed by atoms with Gasteiger partial charge in [0.1, 0.15) is 17.1 Å². The normalized spacial score (nSPS) is 19.2. The average Bonchev–Trinajstić information content (AvgIpc) is 3.24. The average molecular weight is 437 g/mol. The zero-order valence-electron chi connectivity index (χ0n) is 18.6. The van der Waals surface area contributed by atoms with E-state index in [0.29, 0.717) is 5.75 Å². The Morgan fingerprint density at radius 3 is 2.66 bits per heavy atom. The van der Waals surface area contributed by atoms with E-state index in [-0.39, 0.29) is 18.2 Å². The summed E-state index contributed by atoms with van der Waals surface area (Å²) >= 11 is 0. The number of rotatable bonds is 7. The lowest BCUT2D eigenvalue weighted by Gasteiger charge is -2.40. The van der Waals surface area contributed by atoms with Crippen molar-refractivity contribution in [3.8, 4) is 11.5 Å². The fourth-order valence-electron chi connectivity index (χ4n) is 4.66. The Hall–Kier alpha value is -3.22. The Morgan fingerprint density at radius 2 is 1.94 bits per heavy atom. The molecule has 1 aliphatic carbocycles. The smallest absolute Gasteiger partial charge is 0.255 e. The first kappa shape index (κ1) is 22.0. The van der Waals surface area contributed by atoms with Crippen molar-refractivity contribution >= 4 is 11.9 Å². The molecule has 1 saturated carbocycles. The van der Waals surface area contributed by atoms with Crippen LogP contribution in [0.3, 0.4) is 0 Å². The number of fused-ring (bicyclic) bond motifs is 1. The van der Waals surface area contributed by atoms with Crippen LogP contribution < -0.4 is 25.8 Å². The molecule has 7 heteroatoms. The molecule has 2 aromatic carbocycles. The van der Waals surface area contributed by atoms with Crippen LogP contribution in [-0.4, -0.2) is 37.7 Å². The van der Waals surface area contributed by atoms with Gasteiger partial charge in [0, 0.05) is 25.6 Å². The molecule has 32 heavy (non-hydrogen) atoms. The van der Waals surface area contributed by atoms with Gasteiger partial charge >= 0.3 is 0 Å². The minimum atomic E-state index is -0.483. The number of carbonyl (C=O) groups is 1. The van der Waals surface area contributed by atoms with Crippen molar-refractivity contribution in [3.05, 3.63) is 59.7 Å². The van der Waals surface area contributed by atoms with Gasteiger partial charge in [-0.1, -0.05) is 30.3 Å². The largest absolute Gasteiger partial charge is 0.487 e. The Bertz CT molecular complexity index is 952. The molecule has 1 aliphatic heterocycles. The Kier molecular flexibility index (Phi) is 6.83. The summed E-state index contributed by atoms with van der Waals surface area (Å²) in [6, 6.07) is 16.2. The SMILES string of the molecule is CN=C(NCCc1ccc(OCC(N)=O)cc1)NC1CC2(CCCC2)Oc2ccccc21. The van der Waals surface area contributed by atoms with Crippen LogP contribution in [0.1, 0.15) is 49.3 Å². The van der Waals surface area contributed by atoms with Crippen LogP contribution in [0.2, 0.25) is 0 Å². The lowest BCUT2D eigenvalue weighted by molar-refractivity contribution is -0.119. The highest BCUT2D eigenvalue weighted by atomic mass is 16.5. The predicted molar refractivity (Wildman–Crippen MR) is 125 cm³/mol. The summed E-state index contributed by atoms with van der Waals surface area (Å²) in [5.41, 5.74) is 7.42. The number of carbonyl (C=O) groups excluding carboxylic acids is 1. The molecule has 0 aromatic heterocycles. The minimum Gasteiger partial charge on any atom is -0.487 e. The second-order valence-electron chi connectivity index (χ2n) is 8.58. The van der Waals surface area contributed by atoms with E-state index in [1.54, 1.807) is 7.05 Å².